The van der Waals surface area contributed by atoms with Crippen molar-refractivity contribution in [1.82, 2.24) is 4.57 Å². The van der Waals surface area contributed by atoms with E-state index < -0.39 is 0 Å². The van der Waals surface area contributed by atoms with Gasteiger partial charge in [0.15, 0.2) is 0 Å². The van der Waals surface area contributed by atoms with Crippen LogP contribution < -0.4 is 5.46 Å². The Kier molecular flexibility index (Phi) is 3.88. The second-order valence-electron chi connectivity index (χ2n) is 6.73. The van der Waals surface area contributed by atoms with Crippen molar-refractivity contribution in [2.24, 2.45) is 0 Å². The molecule has 1 aliphatic heterocycles. The highest BCUT2D eigenvalue weighted by atomic mass is 32.2. The van der Waals surface area contributed by atoms with Crippen molar-refractivity contribution in [3.05, 3.63) is 84.6 Å². The summed E-state index contributed by atoms with van der Waals surface area (Å²) in [5, 5.41) is 11.5. The normalized spacial score (nSPS) is 13.3. The van der Waals surface area contributed by atoms with Crippen LogP contribution in [0.25, 0.3) is 16.6 Å². The number of rotatable bonds is 3. The van der Waals surface area contributed by atoms with Crippen LogP contribution in [0.1, 0.15) is 5.56 Å². The number of hydrogen-bond acceptors (Lipinski definition) is 2. The van der Waals surface area contributed by atoms with Crippen LogP contribution in [0.15, 0.2) is 88.8 Å². The smallest absolute Gasteiger partial charge is 0.324 e. The van der Waals surface area contributed by atoms with Gasteiger partial charge in [0, 0.05) is 27.1 Å². The predicted octanol–water partition coefficient (Wildman–Crippen LogP) is 4.53. The molecule has 0 unspecified atom stereocenters. The molecule has 1 aromatic heterocycles. The zero-order valence-corrected chi connectivity index (χ0v) is 15.1. The van der Waals surface area contributed by atoms with Crippen molar-refractivity contribution >= 4 is 35.0 Å². The van der Waals surface area contributed by atoms with Crippen molar-refractivity contribution in [2.45, 2.75) is 22.5 Å². The topological polar surface area (TPSA) is 25.2 Å². The second-order valence-corrected chi connectivity index (χ2v) is 7.85. The summed E-state index contributed by atoms with van der Waals surface area (Å²) in [5.74, 6) is 0. The molecule has 126 valence electrons. The van der Waals surface area contributed by atoms with E-state index in [0.717, 1.165) is 23.9 Å². The molecule has 3 aromatic carbocycles. The van der Waals surface area contributed by atoms with Crippen LogP contribution in [-0.4, -0.2) is 16.5 Å². The van der Waals surface area contributed by atoms with Crippen molar-refractivity contribution in [2.75, 3.05) is 0 Å². The lowest BCUT2D eigenvalue weighted by Crippen LogP contribution is -2.26. The van der Waals surface area contributed by atoms with Gasteiger partial charge >= 0.3 is 6.92 Å². The van der Waals surface area contributed by atoms with Gasteiger partial charge < -0.3 is 9.59 Å². The van der Waals surface area contributed by atoms with Crippen LogP contribution in [0, 0.1) is 0 Å². The van der Waals surface area contributed by atoms with Gasteiger partial charge in [-0.25, -0.2) is 0 Å². The minimum absolute atomic E-state index is 0.329. The Morgan fingerprint density at radius 3 is 2.62 bits per heavy atom. The third-order valence-corrected chi connectivity index (χ3v) is 6.15. The van der Waals surface area contributed by atoms with Gasteiger partial charge in [0.2, 0.25) is 0 Å². The number of fused-ring (bicyclic) bond motifs is 2. The molecular weight excluding hydrogens is 337 g/mol. The molecule has 0 aliphatic carbocycles. The van der Waals surface area contributed by atoms with Gasteiger partial charge in [-0.3, -0.25) is 0 Å². The Morgan fingerprint density at radius 1 is 0.923 bits per heavy atom. The van der Waals surface area contributed by atoms with E-state index in [1.54, 1.807) is 11.8 Å². The molecule has 1 aliphatic rings. The van der Waals surface area contributed by atoms with Gasteiger partial charge in [0.25, 0.3) is 0 Å². The maximum Gasteiger partial charge on any atom is 0.324 e. The molecule has 4 heteroatoms. The van der Waals surface area contributed by atoms with E-state index in [2.05, 4.69) is 77.5 Å². The third kappa shape index (κ3) is 2.66. The van der Waals surface area contributed by atoms with Crippen LogP contribution in [0.4, 0.5) is 0 Å². The Labute approximate surface area is 157 Å². The number of benzene rings is 3. The zero-order chi connectivity index (χ0) is 17.5. The zero-order valence-electron chi connectivity index (χ0n) is 14.3. The van der Waals surface area contributed by atoms with Crippen molar-refractivity contribution in [1.29, 1.82) is 0 Å². The largest absolute Gasteiger partial charge is 0.446 e. The number of aryl methyl sites for hydroxylation is 1. The molecule has 0 atom stereocenters. The van der Waals surface area contributed by atoms with Crippen molar-refractivity contribution in [3.63, 3.8) is 0 Å². The molecule has 0 amide bonds. The first kappa shape index (κ1) is 15.8. The molecule has 0 saturated heterocycles. The molecule has 5 rings (SSSR count). The number of para-hydroxylation sites is 1. The molecule has 0 bridgehead atoms. The van der Waals surface area contributed by atoms with Crippen LogP contribution in [0.2, 0.25) is 6.32 Å². The average Bonchev–Trinajstić information content (AvgIpc) is 3.24. The standard InChI is InChI=1S/C22H18BNOS/c25-23-13-12-16-10-11-17(14-20(16)23)24-15-22(19-8-4-5-9-21(19)24)26-18-6-2-1-3-7-18/h1-11,14-15,25H,12-13H2. The lowest BCUT2D eigenvalue weighted by molar-refractivity contribution is 0.587. The maximum atomic E-state index is 10.3. The maximum absolute atomic E-state index is 10.3. The van der Waals surface area contributed by atoms with Crippen LogP contribution in [-0.2, 0) is 6.42 Å². The van der Waals surface area contributed by atoms with Crippen LogP contribution >= 0.6 is 11.8 Å². The first-order valence-corrected chi connectivity index (χ1v) is 9.75. The Bertz CT molecular complexity index is 1090. The predicted molar refractivity (Wildman–Crippen MR) is 110 cm³/mol. The van der Waals surface area contributed by atoms with Gasteiger partial charge in [0.05, 0.1) is 5.52 Å². The number of hydrogen-bond donors (Lipinski definition) is 1. The molecule has 0 radical (unpaired) electrons. The lowest BCUT2D eigenvalue weighted by Gasteiger charge is -2.09. The molecular formula is C22H18BNOS. The molecule has 2 heterocycles. The van der Waals surface area contributed by atoms with Crippen LogP contribution in [0.3, 0.4) is 0 Å². The summed E-state index contributed by atoms with van der Waals surface area (Å²) in [7, 11) is 0. The van der Waals surface area contributed by atoms with Gasteiger partial charge in [-0.15, -0.1) is 0 Å². The summed E-state index contributed by atoms with van der Waals surface area (Å²) < 4.78 is 2.24. The van der Waals surface area contributed by atoms with Crippen LogP contribution in [0.5, 0.6) is 0 Å². The van der Waals surface area contributed by atoms with Gasteiger partial charge in [-0.05, 0) is 48.5 Å². The molecule has 4 aromatic rings. The average molecular weight is 355 g/mol. The summed E-state index contributed by atoms with van der Waals surface area (Å²) in [6.45, 7) is -0.329. The Balaban J connectivity index is 1.64. The van der Waals surface area contributed by atoms with Gasteiger partial charge in [0.1, 0.15) is 0 Å². The minimum atomic E-state index is -0.329. The Morgan fingerprint density at radius 2 is 1.73 bits per heavy atom. The second kappa shape index (κ2) is 6.38. The van der Waals surface area contributed by atoms with E-state index in [9.17, 15) is 5.02 Å². The summed E-state index contributed by atoms with van der Waals surface area (Å²) in [5.41, 5.74) is 4.66. The fourth-order valence-electron chi connectivity index (χ4n) is 3.78. The van der Waals surface area contributed by atoms with E-state index in [4.69, 9.17) is 0 Å². The summed E-state index contributed by atoms with van der Waals surface area (Å²) in [4.78, 5) is 2.48. The first-order chi connectivity index (χ1) is 12.8. The molecule has 0 saturated carbocycles. The summed E-state index contributed by atoms with van der Waals surface area (Å²) in [6, 6.07) is 25.5. The summed E-state index contributed by atoms with van der Waals surface area (Å²) >= 11 is 1.79. The first-order valence-electron chi connectivity index (χ1n) is 8.94. The van der Waals surface area contributed by atoms with E-state index >= 15 is 0 Å². The highest BCUT2D eigenvalue weighted by Crippen LogP contribution is 2.36. The molecule has 0 spiro atoms. The fourth-order valence-corrected chi connectivity index (χ4v) is 4.76. The van der Waals surface area contributed by atoms with Gasteiger partial charge in [-0.1, -0.05) is 59.8 Å². The van der Waals surface area contributed by atoms with E-state index in [0.29, 0.717) is 0 Å². The quantitative estimate of drug-likeness (QED) is 0.547. The molecule has 2 nitrogen and oxygen atoms in total. The number of aromatic nitrogens is 1. The van der Waals surface area contributed by atoms with E-state index in [1.165, 1.54) is 26.3 Å². The molecule has 1 N–H and O–H groups in total. The lowest BCUT2D eigenvalue weighted by atomic mass is 9.63. The highest BCUT2D eigenvalue weighted by Gasteiger charge is 2.25. The van der Waals surface area contributed by atoms with E-state index in [1.807, 2.05) is 6.07 Å². The van der Waals surface area contributed by atoms with E-state index in [-0.39, 0.29) is 6.92 Å². The van der Waals surface area contributed by atoms with Crippen molar-refractivity contribution < 1.29 is 5.02 Å². The Hall–Kier alpha value is -2.43. The fraction of sp³-hybridized carbons (Fsp3) is 0.0909. The highest BCUT2D eigenvalue weighted by molar-refractivity contribution is 7.99. The monoisotopic (exact) mass is 355 g/mol. The SMILES string of the molecule is OB1CCc2ccc(-n3cc(Sc4ccccc4)c4ccccc43)cc21. The molecule has 26 heavy (non-hydrogen) atoms. The minimum Gasteiger partial charge on any atom is -0.446 e. The molecule has 0 fully saturated rings. The third-order valence-electron chi connectivity index (χ3n) is 5.10. The van der Waals surface area contributed by atoms with Gasteiger partial charge in [-0.2, -0.15) is 0 Å². The summed E-state index contributed by atoms with van der Waals surface area (Å²) in [6.07, 6.45) is 4.02. The number of nitrogens with zero attached hydrogens (tertiary/aromatic N) is 1. The van der Waals surface area contributed by atoms with Crippen molar-refractivity contribution in [3.8, 4) is 5.69 Å².